The van der Waals surface area contributed by atoms with Crippen molar-refractivity contribution in [3.05, 3.63) is 59.2 Å². The van der Waals surface area contributed by atoms with Crippen LogP contribution in [0, 0.1) is 19.8 Å². The Hall–Kier alpha value is -2.87. The standard InChI is InChI=1S/C25H33N3O4S/c1-17(2)13-14-26-24(29)23-6-5-15-28(23)25(30)20-8-10-21(11-9-20)27-33(31,32)22-12-7-18(3)19(4)16-22/h7-12,16-17,23,27H,5-6,13-15H2,1-4H3,(H,26,29)/t23-/m0/s1. The van der Waals surface area contributed by atoms with E-state index in [0.29, 0.717) is 36.7 Å². The van der Waals surface area contributed by atoms with Crippen molar-refractivity contribution in [3.63, 3.8) is 0 Å². The summed E-state index contributed by atoms with van der Waals surface area (Å²) in [5.74, 6) is 0.164. The normalized spacial score (nSPS) is 16.2. The first-order valence-corrected chi connectivity index (χ1v) is 12.9. The van der Waals surface area contributed by atoms with Gasteiger partial charge >= 0.3 is 0 Å². The van der Waals surface area contributed by atoms with Gasteiger partial charge < -0.3 is 10.2 Å². The average Bonchev–Trinajstić information content (AvgIpc) is 3.25. The summed E-state index contributed by atoms with van der Waals surface area (Å²) in [5, 5.41) is 2.94. The smallest absolute Gasteiger partial charge is 0.261 e. The molecular formula is C25H33N3O4S. The summed E-state index contributed by atoms with van der Waals surface area (Å²) >= 11 is 0. The molecule has 1 saturated heterocycles. The number of aryl methyl sites for hydroxylation is 2. The molecule has 2 N–H and O–H groups in total. The van der Waals surface area contributed by atoms with Crippen molar-refractivity contribution in [2.75, 3.05) is 17.8 Å². The minimum Gasteiger partial charge on any atom is -0.354 e. The lowest BCUT2D eigenvalue weighted by Crippen LogP contribution is -2.46. The third kappa shape index (κ3) is 6.13. The second-order valence-electron chi connectivity index (χ2n) is 9.06. The van der Waals surface area contributed by atoms with Crippen molar-refractivity contribution in [1.29, 1.82) is 0 Å². The van der Waals surface area contributed by atoms with Gasteiger partial charge in [-0.05, 0) is 86.6 Å². The molecule has 2 amide bonds. The van der Waals surface area contributed by atoms with Crippen LogP contribution in [0.2, 0.25) is 0 Å². The fourth-order valence-electron chi connectivity index (χ4n) is 3.83. The van der Waals surface area contributed by atoms with E-state index in [1.54, 1.807) is 47.4 Å². The summed E-state index contributed by atoms with van der Waals surface area (Å²) in [6.07, 6.45) is 2.32. The van der Waals surface area contributed by atoms with Crippen molar-refractivity contribution in [3.8, 4) is 0 Å². The molecule has 1 aliphatic rings. The molecule has 0 aromatic heterocycles. The Balaban J connectivity index is 1.67. The van der Waals surface area contributed by atoms with Crippen LogP contribution in [-0.2, 0) is 14.8 Å². The van der Waals surface area contributed by atoms with Crippen LogP contribution in [0.3, 0.4) is 0 Å². The molecule has 0 spiro atoms. The maximum atomic E-state index is 13.0. The fourth-order valence-corrected chi connectivity index (χ4v) is 4.97. The molecule has 0 bridgehead atoms. The van der Waals surface area contributed by atoms with E-state index >= 15 is 0 Å². The number of nitrogens with one attached hydrogen (secondary N) is 2. The van der Waals surface area contributed by atoms with Gasteiger partial charge in [-0.1, -0.05) is 19.9 Å². The van der Waals surface area contributed by atoms with Crippen LogP contribution in [-0.4, -0.2) is 44.3 Å². The highest BCUT2D eigenvalue weighted by atomic mass is 32.2. The molecule has 0 saturated carbocycles. The van der Waals surface area contributed by atoms with Gasteiger partial charge in [-0.2, -0.15) is 0 Å². The average molecular weight is 472 g/mol. The van der Waals surface area contributed by atoms with Gasteiger partial charge in [-0.15, -0.1) is 0 Å². The van der Waals surface area contributed by atoms with E-state index in [0.717, 1.165) is 24.0 Å². The lowest BCUT2D eigenvalue weighted by molar-refractivity contribution is -0.124. The van der Waals surface area contributed by atoms with Gasteiger partial charge in [0.05, 0.1) is 4.90 Å². The van der Waals surface area contributed by atoms with E-state index in [1.807, 2.05) is 13.8 Å². The first-order valence-electron chi connectivity index (χ1n) is 11.4. The Bertz CT molecular complexity index is 1110. The molecule has 7 nitrogen and oxygen atoms in total. The highest BCUT2D eigenvalue weighted by molar-refractivity contribution is 7.92. The van der Waals surface area contributed by atoms with Gasteiger partial charge in [0.15, 0.2) is 0 Å². The molecule has 2 aromatic carbocycles. The largest absolute Gasteiger partial charge is 0.354 e. The lowest BCUT2D eigenvalue weighted by Gasteiger charge is -2.24. The van der Waals surface area contributed by atoms with Crippen molar-refractivity contribution in [1.82, 2.24) is 10.2 Å². The molecule has 0 unspecified atom stereocenters. The zero-order chi connectivity index (χ0) is 24.2. The summed E-state index contributed by atoms with van der Waals surface area (Å²) in [4.78, 5) is 27.4. The highest BCUT2D eigenvalue weighted by Gasteiger charge is 2.34. The number of nitrogens with zero attached hydrogens (tertiary/aromatic N) is 1. The molecule has 8 heteroatoms. The Labute approximate surface area is 196 Å². The molecular weight excluding hydrogens is 438 g/mol. The maximum Gasteiger partial charge on any atom is 0.261 e. The molecule has 0 radical (unpaired) electrons. The number of rotatable bonds is 8. The molecule has 178 valence electrons. The zero-order valence-corrected chi connectivity index (χ0v) is 20.5. The van der Waals surface area contributed by atoms with Gasteiger partial charge in [-0.25, -0.2) is 8.42 Å². The molecule has 1 heterocycles. The third-order valence-electron chi connectivity index (χ3n) is 6.01. The van der Waals surface area contributed by atoms with Crippen LogP contribution < -0.4 is 10.0 Å². The minimum absolute atomic E-state index is 0.112. The molecule has 0 aliphatic carbocycles. The lowest BCUT2D eigenvalue weighted by atomic mass is 10.1. The number of carbonyl (C=O) groups excluding carboxylic acids is 2. The first kappa shape index (κ1) is 24.8. The van der Waals surface area contributed by atoms with Crippen molar-refractivity contribution < 1.29 is 18.0 Å². The summed E-state index contributed by atoms with van der Waals surface area (Å²) in [7, 11) is -3.73. The molecule has 2 aromatic rings. The Morgan fingerprint density at radius 3 is 2.39 bits per heavy atom. The summed E-state index contributed by atoms with van der Waals surface area (Å²) in [6, 6.07) is 10.8. The van der Waals surface area contributed by atoms with E-state index in [-0.39, 0.29) is 16.7 Å². The predicted molar refractivity (Wildman–Crippen MR) is 130 cm³/mol. The van der Waals surface area contributed by atoms with Crippen LogP contribution in [0.15, 0.2) is 47.4 Å². The first-order chi connectivity index (χ1) is 15.6. The Morgan fingerprint density at radius 1 is 1.06 bits per heavy atom. The second kappa shape index (κ2) is 10.4. The Kier molecular flexibility index (Phi) is 7.79. The molecule has 1 aliphatic heterocycles. The van der Waals surface area contributed by atoms with E-state index < -0.39 is 16.1 Å². The van der Waals surface area contributed by atoms with Gasteiger partial charge in [0.1, 0.15) is 6.04 Å². The van der Waals surface area contributed by atoms with Crippen molar-refractivity contribution in [2.24, 2.45) is 5.92 Å². The number of carbonyl (C=O) groups is 2. The van der Waals surface area contributed by atoms with Crippen molar-refractivity contribution in [2.45, 2.75) is 57.9 Å². The van der Waals surface area contributed by atoms with Crippen LogP contribution in [0.25, 0.3) is 0 Å². The maximum absolute atomic E-state index is 13.0. The third-order valence-corrected chi connectivity index (χ3v) is 7.39. The van der Waals surface area contributed by atoms with Gasteiger partial charge in [0.25, 0.3) is 15.9 Å². The molecule has 1 fully saturated rings. The zero-order valence-electron chi connectivity index (χ0n) is 19.7. The fraction of sp³-hybridized carbons (Fsp3) is 0.440. The van der Waals surface area contributed by atoms with Gasteiger partial charge in [-0.3, -0.25) is 14.3 Å². The molecule has 3 rings (SSSR count). The van der Waals surface area contributed by atoms with Crippen LogP contribution in [0.5, 0.6) is 0 Å². The number of amides is 2. The second-order valence-corrected chi connectivity index (χ2v) is 10.7. The Morgan fingerprint density at radius 2 is 1.76 bits per heavy atom. The summed E-state index contributed by atoms with van der Waals surface area (Å²) in [5.41, 5.74) is 2.71. The molecule has 33 heavy (non-hydrogen) atoms. The predicted octanol–water partition coefficient (Wildman–Crippen LogP) is 3.87. The van der Waals surface area contributed by atoms with Crippen LogP contribution in [0.1, 0.15) is 54.6 Å². The van der Waals surface area contributed by atoms with E-state index in [1.165, 1.54) is 0 Å². The minimum atomic E-state index is -3.73. The SMILES string of the molecule is Cc1ccc(S(=O)(=O)Nc2ccc(C(=O)N3CCC[C@H]3C(=O)NCCC(C)C)cc2)cc1C. The van der Waals surface area contributed by atoms with Crippen molar-refractivity contribution >= 4 is 27.5 Å². The summed E-state index contributed by atoms with van der Waals surface area (Å²) < 4.78 is 28.0. The number of hydrogen-bond donors (Lipinski definition) is 2. The van der Waals surface area contributed by atoms with E-state index in [4.69, 9.17) is 0 Å². The van der Waals surface area contributed by atoms with E-state index in [2.05, 4.69) is 23.9 Å². The molecule has 1 atom stereocenters. The topological polar surface area (TPSA) is 95.6 Å². The number of likely N-dealkylation sites (tertiary alicyclic amines) is 1. The number of anilines is 1. The number of benzene rings is 2. The van der Waals surface area contributed by atoms with Crippen LogP contribution in [0.4, 0.5) is 5.69 Å². The van der Waals surface area contributed by atoms with Crippen LogP contribution >= 0.6 is 0 Å². The monoisotopic (exact) mass is 471 g/mol. The van der Waals surface area contributed by atoms with E-state index in [9.17, 15) is 18.0 Å². The quantitative estimate of drug-likeness (QED) is 0.611. The summed E-state index contributed by atoms with van der Waals surface area (Å²) in [6.45, 7) is 9.12. The van der Waals surface area contributed by atoms with Gasteiger partial charge in [0.2, 0.25) is 5.91 Å². The number of hydrogen-bond acceptors (Lipinski definition) is 4. The number of sulfonamides is 1. The van der Waals surface area contributed by atoms with Gasteiger partial charge in [0, 0.05) is 24.3 Å². The highest BCUT2D eigenvalue weighted by Crippen LogP contribution is 2.23.